The number of benzene rings is 2. The maximum Gasteiger partial charge on any atom is 0.234 e. The number of thioether (sulfide) groups is 1. The summed E-state index contributed by atoms with van der Waals surface area (Å²) in [4.78, 5) is 16.6. The van der Waals surface area contributed by atoms with E-state index in [1.54, 1.807) is 31.4 Å². The van der Waals surface area contributed by atoms with Crippen molar-refractivity contribution < 1.29 is 18.3 Å². The number of pyridine rings is 1. The molecule has 2 aromatic carbocycles. The summed E-state index contributed by atoms with van der Waals surface area (Å²) in [5.74, 6) is -1.79. The van der Waals surface area contributed by atoms with Crippen molar-refractivity contribution >= 4 is 23.4 Å². The second-order valence-corrected chi connectivity index (χ2v) is 6.79. The van der Waals surface area contributed by atoms with E-state index in [1.165, 1.54) is 6.07 Å². The number of carbonyl (C=O) groups is 1. The van der Waals surface area contributed by atoms with Gasteiger partial charge in [0.05, 0.1) is 24.1 Å². The van der Waals surface area contributed by atoms with Crippen molar-refractivity contribution in [1.82, 2.24) is 4.98 Å². The number of hydrogen-bond donors (Lipinski definition) is 1. The number of aromatic nitrogens is 1. The molecule has 5 nitrogen and oxygen atoms in total. The number of nitriles is 1. The zero-order valence-electron chi connectivity index (χ0n) is 15.3. The van der Waals surface area contributed by atoms with Crippen LogP contribution in [-0.2, 0) is 4.79 Å². The Labute approximate surface area is 170 Å². The summed E-state index contributed by atoms with van der Waals surface area (Å²) in [6.45, 7) is 0. The lowest BCUT2D eigenvalue weighted by Gasteiger charge is -2.09. The van der Waals surface area contributed by atoms with Gasteiger partial charge in [-0.05, 0) is 48.5 Å². The number of ether oxygens (including phenoxy) is 1. The smallest absolute Gasteiger partial charge is 0.234 e. The van der Waals surface area contributed by atoms with Gasteiger partial charge >= 0.3 is 0 Å². The molecule has 0 unspecified atom stereocenters. The van der Waals surface area contributed by atoms with Crippen LogP contribution in [0, 0.1) is 23.0 Å². The van der Waals surface area contributed by atoms with E-state index < -0.39 is 23.2 Å². The third-order valence-corrected chi connectivity index (χ3v) is 4.92. The Hall–Kier alpha value is -3.44. The van der Waals surface area contributed by atoms with Crippen LogP contribution >= 0.6 is 11.8 Å². The molecular weight excluding hydrogens is 396 g/mol. The van der Waals surface area contributed by atoms with Crippen LogP contribution in [0.5, 0.6) is 5.75 Å². The van der Waals surface area contributed by atoms with Crippen molar-refractivity contribution in [2.24, 2.45) is 0 Å². The molecule has 0 fully saturated rings. The van der Waals surface area contributed by atoms with E-state index in [4.69, 9.17) is 4.74 Å². The third kappa shape index (κ3) is 4.89. The highest BCUT2D eigenvalue weighted by atomic mass is 32.2. The van der Waals surface area contributed by atoms with E-state index in [-0.39, 0.29) is 5.75 Å². The molecule has 3 aromatic rings. The fourth-order valence-corrected chi connectivity index (χ4v) is 3.26. The van der Waals surface area contributed by atoms with Crippen LogP contribution in [0.2, 0.25) is 0 Å². The maximum atomic E-state index is 13.7. The van der Waals surface area contributed by atoms with Gasteiger partial charge in [-0.1, -0.05) is 17.8 Å². The van der Waals surface area contributed by atoms with Gasteiger partial charge in [-0.25, -0.2) is 13.8 Å². The zero-order chi connectivity index (χ0) is 20.8. The highest BCUT2D eigenvalue weighted by Crippen LogP contribution is 2.27. The fourth-order valence-electron chi connectivity index (χ4n) is 2.48. The highest BCUT2D eigenvalue weighted by Gasteiger charge is 2.14. The Balaban J connectivity index is 1.75. The van der Waals surface area contributed by atoms with Crippen LogP contribution in [0.1, 0.15) is 5.56 Å². The van der Waals surface area contributed by atoms with Gasteiger partial charge < -0.3 is 10.1 Å². The molecule has 0 aliphatic heterocycles. The van der Waals surface area contributed by atoms with Gasteiger partial charge in [0.2, 0.25) is 5.91 Å². The molecule has 1 aromatic heterocycles. The van der Waals surface area contributed by atoms with Crippen LogP contribution in [0.3, 0.4) is 0 Å². The molecule has 0 atom stereocenters. The molecule has 0 spiro atoms. The summed E-state index contributed by atoms with van der Waals surface area (Å²) < 4.78 is 32.5. The Morgan fingerprint density at radius 2 is 1.83 bits per heavy atom. The molecule has 0 saturated carbocycles. The monoisotopic (exact) mass is 411 g/mol. The first-order valence-corrected chi connectivity index (χ1v) is 9.42. The number of rotatable bonds is 6. The van der Waals surface area contributed by atoms with Crippen molar-refractivity contribution in [1.29, 1.82) is 5.26 Å². The molecule has 29 heavy (non-hydrogen) atoms. The average molecular weight is 411 g/mol. The minimum Gasteiger partial charge on any atom is -0.497 e. The van der Waals surface area contributed by atoms with Crippen molar-refractivity contribution in [3.63, 3.8) is 0 Å². The maximum absolute atomic E-state index is 13.7. The molecule has 146 valence electrons. The molecule has 0 radical (unpaired) electrons. The minimum absolute atomic E-state index is 0.165. The van der Waals surface area contributed by atoms with Gasteiger partial charge in [0, 0.05) is 5.56 Å². The summed E-state index contributed by atoms with van der Waals surface area (Å²) in [7, 11) is 1.57. The zero-order valence-corrected chi connectivity index (χ0v) is 16.1. The Kier molecular flexibility index (Phi) is 6.42. The van der Waals surface area contributed by atoms with Crippen LogP contribution in [0.25, 0.3) is 11.3 Å². The van der Waals surface area contributed by atoms with Crippen LogP contribution in [-0.4, -0.2) is 23.8 Å². The molecule has 8 heteroatoms. The Morgan fingerprint density at radius 1 is 1.14 bits per heavy atom. The summed E-state index contributed by atoms with van der Waals surface area (Å²) in [5.41, 5.74) is 1.24. The minimum atomic E-state index is -0.860. The number of carbonyl (C=O) groups excluding carboxylic acids is 1. The normalized spacial score (nSPS) is 10.3. The van der Waals surface area contributed by atoms with Crippen molar-refractivity contribution in [2.75, 3.05) is 18.2 Å². The van der Waals surface area contributed by atoms with Gasteiger partial charge in [-0.3, -0.25) is 4.79 Å². The van der Waals surface area contributed by atoms with Crippen LogP contribution in [0.15, 0.2) is 59.6 Å². The molecule has 0 aliphatic carbocycles. The van der Waals surface area contributed by atoms with Gasteiger partial charge in [0.25, 0.3) is 0 Å². The number of amides is 1. The quantitative estimate of drug-likeness (QED) is 0.598. The SMILES string of the molecule is COc1ccc(-c2ccc(C#N)c(SCC(=O)Nc3c(F)cccc3F)n2)cc1. The van der Waals surface area contributed by atoms with E-state index in [0.717, 1.165) is 29.5 Å². The third-order valence-electron chi connectivity index (χ3n) is 3.93. The van der Waals surface area contributed by atoms with Gasteiger partial charge in [-0.15, -0.1) is 0 Å². The Bertz CT molecular complexity index is 1060. The van der Waals surface area contributed by atoms with Crippen molar-refractivity contribution in [2.45, 2.75) is 5.03 Å². The highest BCUT2D eigenvalue weighted by molar-refractivity contribution is 8.00. The van der Waals surface area contributed by atoms with E-state index in [2.05, 4.69) is 10.3 Å². The number of halogens is 2. The van der Waals surface area contributed by atoms with Crippen molar-refractivity contribution in [3.8, 4) is 23.1 Å². The molecule has 1 heterocycles. The number of nitrogens with one attached hydrogen (secondary N) is 1. The van der Waals surface area contributed by atoms with E-state index >= 15 is 0 Å². The Morgan fingerprint density at radius 3 is 2.45 bits per heavy atom. The predicted octanol–water partition coefficient (Wildman–Crippen LogP) is 4.64. The average Bonchev–Trinajstić information content (AvgIpc) is 2.75. The first-order valence-electron chi connectivity index (χ1n) is 8.44. The van der Waals surface area contributed by atoms with Gasteiger partial charge in [0.1, 0.15) is 34.2 Å². The van der Waals surface area contributed by atoms with Crippen LogP contribution < -0.4 is 10.1 Å². The molecular formula is C21H15F2N3O2S. The van der Waals surface area contributed by atoms with Crippen molar-refractivity contribution in [3.05, 3.63) is 71.8 Å². The lowest BCUT2D eigenvalue weighted by atomic mass is 10.1. The standard InChI is InChI=1S/C21H15F2N3O2S/c1-28-15-8-5-13(6-9-15)18-10-7-14(11-24)21(25-18)29-12-19(27)26-20-16(22)3-2-4-17(20)23/h2-10H,12H2,1H3,(H,26,27). The number of anilines is 1. The van der Waals surface area contributed by atoms with Gasteiger partial charge in [-0.2, -0.15) is 5.26 Å². The summed E-state index contributed by atoms with van der Waals surface area (Å²) in [6.07, 6.45) is 0. The van der Waals surface area contributed by atoms with Crippen LogP contribution in [0.4, 0.5) is 14.5 Å². The van der Waals surface area contributed by atoms with E-state index in [0.29, 0.717) is 22.0 Å². The summed E-state index contributed by atoms with van der Waals surface area (Å²) in [6, 6.07) is 15.9. The molecule has 3 rings (SSSR count). The summed E-state index contributed by atoms with van der Waals surface area (Å²) >= 11 is 1.01. The molecule has 0 bridgehead atoms. The van der Waals surface area contributed by atoms with E-state index in [1.807, 2.05) is 18.2 Å². The number of hydrogen-bond acceptors (Lipinski definition) is 5. The topological polar surface area (TPSA) is 75.0 Å². The van der Waals surface area contributed by atoms with E-state index in [9.17, 15) is 18.8 Å². The first kappa shape index (κ1) is 20.3. The molecule has 0 aliphatic rings. The second kappa shape index (κ2) is 9.17. The van der Waals surface area contributed by atoms with Gasteiger partial charge in [0.15, 0.2) is 0 Å². The predicted molar refractivity (Wildman–Crippen MR) is 107 cm³/mol. The lowest BCUT2D eigenvalue weighted by molar-refractivity contribution is -0.113. The largest absolute Gasteiger partial charge is 0.497 e. The molecule has 0 saturated heterocycles. The second-order valence-electron chi connectivity index (χ2n) is 5.82. The number of nitrogens with zero attached hydrogens (tertiary/aromatic N) is 2. The first-order chi connectivity index (χ1) is 14.0. The lowest BCUT2D eigenvalue weighted by Crippen LogP contribution is -2.16. The summed E-state index contributed by atoms with van der Waals surface area (Å²) in [5, 5.41) is 11.9. The number of para-hydroxylation sites is 1. The fraction of sp³-hybridized carbons (Fsp3) is 0.0952. The molecule has 1 amide bonds. The number of methoxy groups -OCH3 is 1. The molecule has 1 N–H and O–H groups in total.